The molecule has 0 radical (unpaired) electrons. The summed E-state index contributed by atoms with van der Waals surface area (Å²) >= 11 is 6.44. The van der Waals surface area contributed by atoms with Crippen molar-refractivity contribution in [3.8, 4) is 28.1 Å². The van der Waals surface area contributed by atoms with Crippen molar-refractivity contribution in [2.24, 2.45) is 5.41 Å². The summed E-state index contributed by atoms with van der Waals surface area (Å²) in [5.74, 6) is 0.391. The van der Waals surface area contributed by atoms with Crippen LogP contribution in [0.25, 0.3) is 28.0 Å². The fourth-order valence-electron chi connectivity index (χ4n) is 6.11. The van der Waals surface area contributed by atoms with E-state index in [-0.39, 0.29) is 5.41 Å². The molecule has 0 amide bonds. The van der Waals surface area contributed by atoms with E-state index in [0.717, 1.165) is 54.1 Å². The molecule has 2 aromatic carbocycles. The maximum Gasteiger partial charge on any atom is 0.337 e. The van der Waals surface area contributed by atoms with Crippen molar-refractivity contribution in [3.63, 3.8) is 0 Å². The number of aromatic nitrogens is 3. The van der Waals surface area contributed by atoms with Gasteiger partial charge in [0, 0.05) is 41.0 Å². The number of rotatable bonds is 3. The molecule has 1 saturated heterocycles. The van der Waals surface area contributed by atoms with Crippen LogP contribution in [0.3, 0.4) is 0 Å². The average molecular weight is 627 g/mol. The molecule has 2 aromatic heterocycles. The number of aryl methyl sites for hydroxylation is 1. The molecule has 0 spiro atoms. The van der Waals surface area contributed by atoms with Gasteiger partial charge in [0.1, 0.15) is 18.2 Å². The fraction of sp³-hybridized carbons (Fsp3) is 0.361. The first-order valence-corrected chi connectivity index (χ1v) is 15.7. The van der Waals surface area contributed by atoms with Gasteiger partial charge in [-0.15, -0.1) is 0 Å². The number of ether oxygens (including phenoxy) is 2. The average Bonchev–Trinajstić information content (AvgIpc) is 3.41. The highest BCUT2D eigenvalue weighted by molar-refractivity contribution is 6.31. The zero-order chi connectivity index (χ0) is 31.9. The lowest BCUT2D eigenvalue weighted by molar-refractivity contribution is -0.160. The molecule has 1 fully saturated rings. The highest BCUT2D eigenvalue weighted by atomic mass is 35.5. The Morgan fingerprint density at radius 1 is 1.09 bits per heavy atom. The van der Waals surface area contributed by atoms with Crippen molar-refractivity contribution < 1.29 is 19.4 Å². The SMILES string of the molecule is Cc1nc2cc3nn2c(c1[C@H](OC(C)(C)C)C(=O)O)N1CCC(C)(C=CC=CCOc2ccc(Cl)cc2-c2cccc-3c2)CC1. The zero-order valence-corrected chi connectivity index (χ0v) is 27.1. The lowest BCUT2D eigenvalue weighted by Gasteiger charge is -2.40. The Bertz CT molecular complexity index is 1810. The van der Waals surface area contributed by atoms with Crippen LogP contribution in [-0.2, 0) is 9.53 Å². The van der Waals surface area contributed by atoms with E-state index in [4.69, 9.17) is 31.2 Å². The minimum absolute atomic E-state index is 0.0160. The number of halogens is 1. The van der Waals surface area contributed by atoms with E-state index in [1.165, 1.54) is 0 Å². The van der Waals surface area contributed by atoms with Crippen molar-refractivity contribution in [1.29, 1.82) is 0 Å². The number of fused-ring (bicyclic) bond motifs is 5. The van der Waals surface area contributed by atoms with Crippen LogP contribution >= 0.6 is 11.6 Å². The van der Waals surface area contributed by atoms with Crippen LogP contribution < -0.4 is 9.64 Å². The van der Waals surface area contributed by atoms with E-state index in [1.54, 1.807) is 4.52 Å². The van der Waals surface area contributed by atoms with Gasteiger partial charge in [0.15, 0.2) is 11.8 Å². The monoisotopic (exact) mass is 626 g/mol. The Hall–Kier alpha value is -4.14. The molecule has 8 nitrogen and oxygen atoms in total. The zero-order valence-electron chi connectivity index (χ0n) is 26.4. The Labute approximate surface area is 268 Å². The number of carboxylic acid groups (broad SMARTS) is 1. The van der Waals surface area contributed by atoms with Gasteiger partial charge in [-0.25, -0.2) is 9.78 Å². The number of carboxylic acids is 1. The van der Waals surface area contributed by atoms with Crippen molar-refractivity contribution in [3.05, 3.63) is 89.1 Å². The van der Waals surface area contributed by atoms with Crippen LogP contribution in [0.1, 0.15) is 57.9 Å². The molecule has 234 valence electrons. The first kappa shape index (κ1) is 30.9. The second-order valence-corrected chi connectivity index (χ2v) is 13.6. The molecular formula is C36H39ClN4O4. The second kappa shape index (κ2) is 12.0. The van der Waals surface area contributed by atoms with Crippen molar-refractivity contribution in [2.45, 2.75) is 59.2 Å². The number of hydrogen-bond donors (Lipinski definition) is 1. The van der Waals surface area contributed by atoms with E-state index in [9.17, 15) is 9.90 Å². The summed E-state index contributed by atoms with van der Waals surface area (Å²) in [5, 5.41) is 16.1. The summed E-state index contributed by atoms with van der Waals surface area (Å²) in [6.45, 7) is 11.6. The van der Waals surface area contributed by atoms with Crippen LogP contribution in [0.4, 0.5) is 5.82 Å². The molecule has 45 heavy (non-hydrogen) atoms. The van der Waals surface area contributed by atoms with Gasteiger partial charge < -0.3 is 19.5 Å². The molecule has 6 bridgehead atoms. The van der Waals surface area contributed by atoms with Gasteiger partial charge in [0.25, 0.3) is 0 Å². The molecule has 3 aliphatic rings. The minimum atomic E-state index is -1.21. The molecule has 0 unspecified atom stereocenters. The number of aliphatic carboxylic acids is 1. The normalized spacial score (nSPS) is 17.0. The van der Waals surface area contributed by atoms with Crippen LogP contribution in [0.2, 0.25) is 5.02 Å². The summed E-state index contributed by atoms with van der Waals surface area (Å²) < 4.78 is 14.2. The van der Waals surface area contributed by atoms with E-state index >= 15 is 0 Å². The van der Waals surface area contributed by atoms with Crippen molar-refractivity contribution >= 4 is 29.0 Å². The molecule has 1 atom stereocenters. The smallest absolute Gasteiger partial charge is 0.337 e. The van der Waals surface area contributed by atoms with E-state index < -0.39 is 17.7 Å². The molecule has 9 heteroatoms. The summed E-state index contributed by atoms with van der Waals surface area (Å²) in [7, 11) is 0. The van der Waals surface area contributed by atoms with E-state index in [2.05, 4.69) is 30.0 Å². The third-order valence-corrected chi connectivity index (χ3v) is 8.69. The largest absolute Gasteiger partial charge is 0.489 e. The molecule has 4 aromatic rings. The third kappa shape index (κ3) is 6.49. The topological polar surface area (TPSA) is 89.2 Å². The van der Waals surface area contributed by atoms with Gasteiger partial charge >= 0.3 is 5.97 Å². The number of nitrogens with zero attached hydrogens (tertiary/aromatic N) is 4. The first-order chi connectivity index (χ1) is 21.4. The van der Waals surface area contributed by atoms with Crippen LogP contribution in [0.5, 0.6) is 5.75 Å². The third-order valence-electron chi connectivity index (χ3n) is 8.46. The number of carbonyl (C=O) groups is 1. The van der Waals surface area contributed by atoms with Gasteiger partial charge in [0.2, 0.25) is 0 Å². The first-order valence-electron chi connectivity index (χ1n) is 15.3. The standard InChI is InChI=1S/C36H39ClN4O4/c1-23-31(32(34(42)43)45-35(2,3)4)33-40-17-15-36(5,16-18-40)14-7-6-8-19-44-29-13-12-26(37)21-27(29)24-10-9-11-25(20-24)28-22-30(38-23)41(33)39-28/h6-14,20-22,32H,15-19H2,1-5H3,(H,42,43)/t32-/m0/s1. The van der Waals surface area contributed by atoms with Crippen molar-refractivity contribution in [2.75, 3.05) is 24.6 Å². The predicted molar refractivity (Wildman–Crippen MR) is 178 cm³/mol. The van der Waals surface area contributed by atoms with Crippen molar-refractivity contribution in [1.82, 2.24) is 14.6 Å². The Balaban J connectivity index is 1.57. The molecule has 3 aliphatic heterocycles. The minimum Gasteiger partial charge on any atom is -0.489 e. The molecule has 1 N–H and O–H groups in total. The maximum atomic E-state index is 12.8. The highest BCUT2D eigenvalue weighted by Crippen LogP contribution is 2.41. The number of piperidine rings is 1. The molecule has 7 rings (SSSR count). The van der Waals surface area contributed by atoms with Gasteiger partial charge in [-0.2, -0.15) is 9.61 Å². The molecule has 5 heterocycles. The molecule has 0 aliphatic carbocycles. The fourth-order valence-corrected chi connectivity index (χ4v) is 6.28. The Kier molecular flexibility index (Phi) is 8.22. The number of allylic oxidation sites excluding steroid dienone is 3. The quantitative estimate of drug-likeness (QED) is 0.246. The summed E-state index contributed by atoms with van der Waals surface area (Å²) in [5.41, 5.74) is 4.51. The number of anilines is 1. The number of benzene rings is 2. The summed E-state index contributed by atoms with van der Waals surface area (Å²) in [6.07, 6.45) is 8.95. The lowest BCUT2D eigenvalue weighted by Crippen LogP contribution is -2.40. The summed E-state index contributed by atoms with van der Waals surface area (Å²) in [6, 6.07) is 15.7. The maximum absolute atomic E-state index is 12.8. The van der Waals surface area contributed by atoms with Gasteiger partial charge in [-0.05, 0) is 81.9 Å². The van der Waals surface area contributed by atoms with E-state index in [0.29, 0.717) is 34.4 Å². The predicted octanol–water partition coefficient (Wildman–Crippen LogP) is 8.08. The molecular weight excluding hydrogens is 588 g/mol. The van der Waals surface area contributed by atoms with Gasteiger partial charge in [-0.1, -0.05) is 55.0 Å². The second-order valence-electron chi connectivity index (χ2n) is 13.1. The van der Waals surface area contributed by atoms with Crippen LogP contribution in [0, 0.1) is 12.3 Å². The Morgan fingerprint density at radius 3 is 2.58 bits per heavy atom. The lowest BCUT2D eigenvalue weighted by atomic mass is 9.80. The highest BCUT2D eigenvalue weighted by Gasteiger charge is 2.37. The van der Waals surface area contributed by atoms with Crippen LogP contribution in [0.15, 0.2) is 72.8 Å². The van der Waals surface area contributed by atoms with Gasteiger partial charge in [0.05, 0.1) is 16.9 Å². The van der Waals surface area contributed by atoms with Gasteiger partial charge in [-0.3, -0.25) is 0 Å². The van der Waals surface area contributed by atoms with E-state index in [1.807, 2.05) is 82.3 Å². The Morgan fingerprint density at radius 2 is 1.84 bits per heavy atom. The van der Waals surface area contributed by atoms with Crippen LogP contribution in [-0.4, -0.2) is 51.0 Å². The summed E-state index contributed by atoms with van der Waals surface area (Å²) in [4.78, 5) is 19.9. The number of hydrogen-bond acceptors (Lipinski definition) is 6. The molecule has 0 saturated carbocycles.